The number of hydrogen-bond donors (Lipinski definition) is 2. The predicted octanol–water partition coefficient (Wildman–Crippen LogP) is -0.0154. The number of aromatic nitrogens is 1. The van der Waals surface area contributed by atoms with Gasteiger partial charge < -0.3 is 15.8 Å². The van der Waals surface area contributed by atoms with Gasteiger partial charge in [0.25, 0.3) is 0 Å². The average molecular weight is 221 g/mol. The Bertz CT molecular complexity index is 377. The summed E-state index contributed by atoms with van der Waals surface area (Å²) < 4.78 is 5.68. The molecule has 3 N–H and O–H groups in total. The Morgan fingerprint density at radius 3 is 3.00 bits per heavy atom. The zero-order valence-electron chi connectivity index (χ0n) is 9.14. The van der Waals surface area contributed by atoms with E-state index in [1.165, 1.54) is 0 Å². The van der Waals surface area contributed by atoms with Gasteiger partial charge in [-0.15, -0.1) is 0 Å². The maximum Gasteiger partial charge on any atom is 0.234 e. The molecule has 5 nitrogen and oxygen atoms in total. The van der Waals surface area contributed by atoms with Crippen LogP contribution in [0.2, 0.25) is 0 Å². The van der Waals surface area contributed by atoms with Crippen molar-refractivity contribution in [1.82, 2.24) is 10.3 Å². The third-order valence-corrected chi connectivity index (χ3v) is 2.62. The van der Waals surface area contributed by atoms with Crippen LogP contribution in [-0.2, 0) is 4.79 Å². The monoisotopic (exact) mass is 221 g/mol. The van der Waals surface area contributed by atoms with Crippen molar-refractivity contribution in [2.24, 2.45) is 5.73 Å². The molecule has 1 fully saturated rings. The second-order valence-electron chi connectivity index (χ2n) is 3.97. The van der Waals surface area contributed by atoms with Crippen molar-refractivity contribution in [2.75, 3.05) is 6.54 Å². The van der Waals surface area contributed by atoms with Crippen LogP contribution in [0.4, 0.5) is 0 Å². The van der Waals surface area contributed by atoms with Crippen LogP contribution in [0.25, 0.3) is 0 Å². The molecule has 0 bridgehead atoms. The molecule has 0 radical (unpaired) electrons. The summed E-state index contributed by atoms with van der Waals surface area (Å²) >= 11 is 0. The van der Waals surface area contributed by atoms with Crippen LogP contribution >= 0.6 is 0 Å². The molecular weight excluding hydrogens is 206 g/mol. The summed E-state index contributed by atoms with van der Waals surface area (Å²) in [4.78, 5) is 15.1. The van der Waals surface area contributed by atoms with E-state index in [-0.39, 0.29) is 18.1 Å². The number of nitrogens with zero attached hydrogens (tertiary/aromatic N) is 1. The number of amides is 1. The largest absolute Gasteiger partial charge is 0.487 e. The first kappa shape index (κ1) is 10.9. The van der Waals surface area contributed by atoms with Crippen molar-refractivity contribution in [1.29, 1.82) is 0 Å². The van der Waals surface area contributed by atoms with Crippen molar-refractivity contribution in [3.8, 4) is 5.75 Å². The number of hydrogen-bond acceptors (Lipinski definition) is 4. The third-order valence-electron chi connectivity index (χ3n) is 2.62. The first-order valence-electron chi connectivity index (χ1n) is 5.27. The molecule has 0 unspecified atom stereocenters. The minimum atomic E-state index is -0.326. The highest BCUT2D eigenvalue weighted by atomic mass is 16.5. The quantitative estimate of drug-likeness (QED) is 0.752. The first-order chi connectivity index (χ1) is 7.65. The maximum absolute atomic E-state index is 10.9. The van der Waals surface area contributed by atoms with E-state index in [1.807, 2.05) is 19.1 Å². The normalized spacial score (nSPS) is 24.3. The fraction of sp³-hybridized carbons (Fsp3) is 0.455. The lowest BCUT2D eigenvalue weighted by Gasteiger charge is -2.12. The van der Waals surface area contributed by atoms with Crippen molar-refractivity contribution in [3.05, 3.63) is 24.0 Å². The Balaban J connectivity index is 1.92. The first-order valence-corrected chi connectivity index (χ1v) is 5.27. The topological polar surface area (TPSA) is 77.2 Å². The highest BCUT2D eigenvalue weighted by molar-refractivity contribution is 5.80. The van der Waals surface area contributed by atoms with Crippen LogP contribution in [0, 0.1) is 6.92 Å². The second kappa shape index (κ2) is 4.49. The number of ether oxygens (including phenoxy) is 1. The molecule has 0 aromatic carbocycles. The number of primary amides is 1. The Morgan fingerprint density at radius 1 is 1.62 bits per heavy atom. The van der Waals surface area contributed by atoms with Crippen LogP contribution in [0.3, 0.4) is 0 Å². The highest BCUT2D eigenvalue weighted by Crippen LogP contribution is 2.16. The lowest BCUT2D eigenvalue weighted by Crippen LogP contribution is -2.36. The molecule has 1 aliphatic rings. The van der Waals surface area contributed by atoms with Gasteiger partial charge in [0.2, 0.25) is 5.91 Å². The van der Waals surface area contributed by atoms with Crippen molar-refractivity contribution >= 4 is 5.91 Å². The maximum atomic E-state index is 10.9. The highest BCUT2D eigenvalue weighted by Gasteiger charge is 2.29. The van der Waals surface area contributed by atoms with Crippen LogP contribution in [-0.4, -0.2) is 29.6 Å². The van der Waals surface area contributed by atoms with Crippen LogP contribution < -0.4 is 15.8 Å². The van der Waals surface area contributed by atoms with Gasteiger partial charge in [0.15, 0.2) is 0 Å². The number of aryl methyl sites for hydroxylation is 1. The Hall–Kier alpha value is -1.62. The number of rotatable bonds is 3. The van der Waals surface area contributed by atoms with Gasteiger partial charge >= 0.3 is 0 Å². The van der Waals surface area contributed by atoms with Gasteiger partial charge in [0.05, 0.1) is 12.2 Å². The number of nitrogens with two attached hydrogens (primary N) is 1. The van der Waals surface area contributed by atoms with Crippen LogP contribution in [0.1, 0.15) is 12.1 Å². The molecule has 16 heavy (non-hydrogen) atoms. The zero-order valence-corrected chi connectivity index (χ0v) is 9.14. The standard InChI is InChI=1S/C11H15N3O2/c1-7-2-3-8(5-13-7)16-9-4-10(11(12)15)14-6-9/h2-3,5,9-10,14H,4,6H2,1H3,(H2,12,15)/t9-,10-/m0/s1. The minimum Gasteiger partial charge on any atom is -0.487 e. The summed E-state index contributed by atoms with van der Waals surface area (Å²) in [5.41, 5.74) is 6.15. The van der Waals surface area contributed by atoms with E-state index in [1.54, 1.807) is 6.20 Å². The Labute approximate surface area is 94.0 Å². The number of carbonyl (C=O) groups is 1. The van der Waals surface area contributed by atoms with Crippen molar-refractivity contribution < 1.29 is 9.53 Å². The van der Waals surface area contributed by atoms with E-state index in [0.29, 0.717) is 13.0 Å². The van der Waals surface area contributed by atoms with Gasteiger partial charge in [0, 0.05) is 18.7 Å². The molecule has 1 aromatic heterocycles. The average Bonchev–Trinajstić information content (AvgIpc) is 2.70. The number of nitrogens with one attached hydrogen (secondary N) is 1. The van der Waals surface area contributed by atoms with Crippen LogP contribution in [0.15, 0.2) is 18.3 Å². The molecule has 1 aromatic rings. The van der Waals surface area contributed by atoms with E-state index < -0.39 is 0 Å². The summed E-state index contributed by atoms with van der Waals surface area (Å²) in [5, 5.41) is 3.02. The number of pyridine rings is 1. The molecule has 0 aliphatic carbocycles. The second-order valence-corrected chi connectivity index (χ2v) is 3.97. The molecule has 1 amide bonds. The van der Waals surface area contributed by atoms with Gasteiger partial charge in [0.1, 0.15) is 11.9 Å². The lowest BCUT2D eigenvalue weighted by atomic mass is 10.2. The SMILES string of the molecule is Cc1ccc(O[C@@H]2CN[C@H](C(N)=O)C2)cn1. The van der Waals surface area contributed by atoms with Gasteiger partial charge in [-0.2, -0.15) is 0 Å². The van der Waals surface area contributed by atoms with Crippen molar-refractivity contribution in [3.63, 3.8) is 0 Å². The van der Waals surface area contributed by atoms with Crippen LogP contribution in [0.5, 0.6) is 5.75 Å². The summed E-state index contributed by atoms with van der Waals surface area (Å²) in [6.45, 7) is 2.56. The van der Waals surface area contributed by atoms with E-state index in [4.69, 9.17) is 10.5 Å². The summed E-state index contributed by atoms with van der Waals surface area (Å²) in [6, 6.07) is 3.49. The summed E-state index contributed by atoms with van der Waals surface area (Å²) in [5.74, 6) is 0.399. The Morgan fingerprint density at radius 2 is 2.44 bits per heavy atom. The summed E-state index contributed by atoms with van der Waals surface area (Å²) in [7, 11) is 0. The molecule has 0 spiro atoms. The fourth-order valence-electron chi connectivity index (χ4n) is 1.73. The molecule has 2 rings (SSSR count). The van der Waals surface area contributed by atoms with Gasteiger partial charge in [-0.25, -0.2) is 0 Å². The molecule has 0 saturated carbocycles. The van der Waals surface area contributed by atoms with Gasteiger partial charge in [-0.05, 0) is 19.1 Å². The van der Waals surface area contributed by atoms with Gasteiger partial charge in [-0.1, -0.05) is 0 Å². The van der Waals surface area contributed by atoms with E-state index in [0.717, 1.165) is 11.4 Å². The molecule has 2 atom stereocenters. The number of carbonyl (C=O) groups excluding carboxylic acids is 1. The Kier molecular flexibility index (Phi) is 3.05. The molecule has 2 heterocycles. The van der Waals surface area contributed by atoms with Crippen molar-refractivity contribution in [2.45, 2.75) is 25.5 Å². The molecule has 1 saturated heterocycles. The molecule has 86 valence electrons. The fourth-order valence-corrected chi connectivity index (χ4v) is 1.73. The van der Waals surface area contributed by atoms with E-state index in [2.05, 4.69) is 10.3 Å². The third kappa shape index (κ3) is 2.49. The van der Waals surface area contributed by atoms with E-state index in [9.17, 15) is 4.79 Å². The lowest BCUT2D eigenvalue weighted by molar-refractivity contribution is -0.119. The van der Waals surface area contributed by atoms with Gasteiger partial charge in [-0.3, -0.25) is 9.78 Å². The molecule has 1 aliphatic heterocycles. The smallest absolute Gasteiger partial charge is 0.234 e. The predicted molar refractivity (Wildman–Crippen MR) is 59.0 cm³/mol. The minimum absolute atomic E-state index is 0.0120. The summed E-state index contributed by atoms with van der Waals surface area (Å²) in [6.07, 6.45) is 2.29. The molecule has 5 heteroatoms. The molecular formula is C11H15N3O2. The zero-order chi connectivity index (χ0) is 11.5. The van der Waals surface area contributed by atoms with E-state index >= 15 is 0 Å².